The first-order valence-corrected chi connectivity index (χ1v) is 10.4. The highest BCUT2D eigenvalue weighted by molar-refractivity contribution is 5.84. The molecule has 31 heavy (non-hydrogen) atoms. The van der Waals surface area contributed by atoms with Crippen LogP contribution in [-0.4, -0.2) is 37.4 Å². The lowest BCUT2D eigenvalue weighted by atomic mass is 9.90. The van der Waals surface area contributed by atoms with Crippen molar-refractivity contribution in [1.82, 2.24) is 19.7 Å². The Kier molecular flexibility index (Phi) is 6.89. The molecule has 1 aromatic carbocycles. The van der Waals surface area contributed by atoms with E-state index in [1.165, 1.54) is 0 Å². The van der Waals surface area contributed by atoms with Crippen LogP contribution in [-0.2, 0) is 11.8 Å². The number of carboxylic acid groups (broad SMARTS) is 1. The second kappa shape index (κ2) is 9.59. The highest BCUT2D eigenvalue weighted by atomic mass is 16.5. The van der Waals surface area contributed by atoms with Crippen molar-refractivity contribution in [3.05, 3.63) is 47.5 Å². The fraction of sp³-hybridized carbons (Fsp3) is 0.391. The Bertz CT molecular complexity index is 1060. The van der Waals surface area contributed by atoms with Gasteiger partial charge in [-0.05, 0) is 44.7 Å². The molecule has 8 nitrogen and oxygen atoms in total. The monoisotopic (exact) mass is 423 g/mol. The van der Waals surface area contributed by atoms with Crippen molar-refractivity contribution >= 4 is 17.3 Å². The Morgan fingerprint density at radius 1 is 1.23 bits per heavy atom. The van der Waals surface area contributed by atoms with E-state index in [9.17, 15) is 9.90 Å². The van der Waals surface area contributed by atoms with Gasteiger partial charge in [0.05, 0.1) is 36.8 Å². The van der Waals surface area contributed by atoms with E-state index in [1.54, 1.807) is 12.4 Å². The van der Waals surface area contributed by atoms with Crippen LogP contribution in [0.2, 0.25) is 0 Å². The Labute approximate surface area is 182 Å². The van der Waals surface area contributed by atoms with Crippen LogP contribution in [0.1, 0.15) is 49.6 Å². The van der Waals surface area contributed by atoms with Gasteiger partial charge in [-0.1, -0.05) is 19.1 Å². The molecule has 8 heteroatoms. The predicted molar refractivity (Wildman–Crippen MR) is 120 cm³/mol. The highest BCUT2D eigenvalue weighted by Gasteiger charge is 2.19. The normalized spacial score (nSPS) is 11.9. The Morgan fingerprint density at radius 3 is 2.48 bits per heavy atom. The summed E-state index contributed by atoms with van der Waals surface area (Å²) in [4.78, 5) is 19.8. The van der Waals surface area contributed by atoms with E-state index < -0.39 is 5.97 Å². The van der Waals surface area contributed by atoms with Crippen LogP contribution in [0.4, 0.5) is 11.4 Å². The van der Waals surface area contributed by atoms with Gasteiger partial charge in [-0.15, -0.1) is 0 Å². The number of anilines is 2. The average Bonchev–Trinajstić information content (AvgIpc) is 2.99. The Hall–Kier alpha value is -3.42. The third-order valence-electron chi connectivity index (χ3n) is 5.39. The lowest BCUT2D eigenvalue weighted by Crippen LogP contribution is -2.06. The summed E-state index contributed by atoms with van der Waals surface area (Å²) < 4.78 is 7.19. The zero-order valence-electron chi connectivity index (χ0n) is 18.6. The number of benzene rings is 1. The van der Waals surface area contributed by atoms with Gasteiger partial charge in [0.2, 0.25) is 0 Å². The standard InChI is InChI=1S/C23H29N5O3/c1-6-16(11-21(29)30)17-8-9-19(22-14(3)27-28(5)15(22)4)20(10-17)26-18-12-24-23(25-13-18)31-7-2/h8-10,12-13,16,26H,6-7,11H2,1-5H3,(H,29,30). The van der Waals surface area contributed by atoms with Crippen molar-refractivity contribution in [3.8, 4) is 17.1 Å². The van der Waals surface area contributed by atoms with Crippen LogP contribution in [0, 0.1) is 13.8 Å². The van der Waals surface area contributed by atoms with Crippen molar-refractivity contribution in [1.29, 1.82) is 0 Å². The van der Waals surface area contributed by atoms with Gasteiger partial charge in [0.25, 0.3) is 0 Å². The molecule has 0 aliphatic heterocycles. The van der Waals surface area contributed by atoms with E-state index in [-0.39, 0.29) is 12.3 Å². The van der Waals surface area contributed by atoms with E-state index >= 15 is 0 Å². The lowest BCUT2D eigenvalue weighted by Gasteiger charge is -2.18. The fourth-order valence-electron chi connectivity index (χ4n) is 3.75. The molecule has 0 saturated heterocycles. The van der Waals surface area contributed by atoms with Crippen LogP contribution in [0.5, 0.6) is 6.01 Å². The van der Waals surface area contributed by atoms with Crippen molar-refractivity contribution < 1.29 is 14.6 Å². The number of carboxylic acids is 1. The molecule has 1 unspecified atom stereocenters. The minimum atomic E-state index is -0.802. The van der Waals surface area contributed by atoms with E-state index in [4.69, 9.17) is 4.74 Å². The quantitative estimate of drug-likeness (QED) is 0.518. The fourth-order valence-corrected chi connectivity index (χ4v) is 3.75. The molecule has 1 atom stereocenters. The molecule has 2 N–H and O–H groups in total. The topological polar surface area (TPSA) is 102 Å². The molecule has 2 aromatic heterocycles. The summed E-state index contributed by atoms with van der Waals surface area (Å²) >= 11 is 0. The van der Waals surface area contributed by atoms with Gasteiger partial charge in [-0.25, -0.2) is 9.97 Å². The second-order valence-corrected chi connectivity index (χ2v) is 7.49. The van der Waals surface area contributed by atoms with Crippen molar-refractivity contribution in [2.24, 2.45) is 7.05 Å². The molecule has 0 fully saturated rings. The summed E-state index contributed by atoms with van der Waals surface area (Å²) in [6, 6.07) is 6.40. The van der Waals surface area contributed by atoms with Crippen molar-refractivity contribution in [2.75, 3.05) is 11.9 Å². The Morgan fingerprint density at radius 2 is 1.94 bits per heavy atom. The van der Waals surface area contributed by atoms with Crippen LogP contribution >= 0.6 is 0 Å². The van der Waals surface area contributed by atoms with Gasteiger partial charge in [0.1, 0.15) is 0 Å². The number of rotatable bonds is 9. The van der Waals surface area contributed by atoms with Gasteiger partial charge in [0, 0.05) is 29.6 Å². The van der Waals surface area contributed by atoms with Gasteiger partial charge in [-0.2, -0.15) is 5.10 Å². The zero-order chi connectivity index (χ0) is 22.5. The van der Waals surface area contributed by atoms with E-state index in [2.05, 4.69) is 20.4 Å². The third kappa shape index (κ3) is 5.02. The van der Waals surface area contributed by atoms with E-state index in [0.29, 0.717) is 18.3 Å². The molecule has 0 aliphatic carbocycles. The van der Waals surface area contributed by atoms with Crippen LogP contribution in [0.15, 0.2) is 30.6 Å². The first-order chi connectivity index (χ1) is 14.8. The van der Waals surface area contributed by atoms with Gasteiger partial charge >= 0.3 is 12.0 Å². The minimum Gasteiger partial charge on any atom is -0.481 e. The number of carbonyl (C=O) groups is 1. The van der Waals surface area contributed by atoms with Crippen LogP contribution in [0.3, 0.4) is 0 Å². The lowest BCUT2D eigenvalue weighted by molar-refractivity contribution is -0.137. The maximum absolute atomic E-state index is 11.3. The summed E-state index contributed by atoms with van der Waals surface area (Å²) in [7, 11) is 1.92. The maximum atomic E-state index is 11.3. The van der Waals surface area contributed by atoms with E-state index in [1.807, 2.05) is 57.6 Å². The average molecular weight is 424 g/mol. The molecule has 0 saturated carbocycles. The number of aromatic nitrogens is 4. The van der Waals surface area contributed by atoms with Crippen molar-refractivity contribution in [2.45, 2.75) is 46.5 Å². The number of hydrogen-bond donors (Lipinski definition) is 2. The van der Waals surface area contributed by atoms with Crippen LogP contribution in [0.25, 0.3) is 11.1 Å². The minimum absolute atomic E-state index is 0.0697. The predicted octanol–water partition coefficient (Wildman–Crippen LogP) is 4.60. The maximum Gasteiger partial charge on any atom is 0.316 e. The first kappa shape index (κ1) is 22.3. The van der Waals surface area contributed by atoms with Crippen molar-refractivity contribution in [3.63, 3.8) is 0 Å². The number of nitrogens with zero attached hydrogens (tertiary/aromatic N) is 4. The summed E-state index contributed by atoms with van der Waals surface area (Å²) in [6.45, 7) is 8.41. The first-order valence-electron chi connectivity index (χ1n) is 10.4. The largest absolute Gasteiger partial charge is 0.481 e. The molecule has 0 spiro atoms. The molecular weight excluding hydrogens is 394 g/mol. The summed E-state index contributed by atoms with van der Waals surface area (Å²) in [5.74, 6) is -0.871. The number of hydrogen-bond acceptors (Lipinski definition) is 6. The number of aliphatic carboxylic acids is 1. The summed E-state index contributed by atoms with van der Waals surface area (Å²) in [5.41, 5.74) is 6.56. The molecule has 3 rings (SSSR count). The van der Waals surface area contributed by atoms with E-state index in [0.717, 1.165) is 40.2 Å². The molecule has 164 valence electrons. The molecule has 0 bridgehead atoms. The van der Waals surface area contributed by atoms with Crippen LogP contribution < -0.4 is 10.1 Å². The number of aryl methyl sites for hydroxylation is 2. The molecule has 0 aliphatic rings. The van der Waals surface area contributed by atoms with Gasteiger partial charge in [-0.3, -0.25) is 9.48 Å². The molecule has 0 radical (unpaired) electrons. The number of nitrogens with one attached hydrogen (secondary N) is 1. The molecule has 3 aromatic rings. The Balaban J connectivity index is 2.06. The molecule has 0 amide bonds. The number of ether oxygens (including phenoxy) is 1. The highest BCUT2D eigenvalue weighted by Crippen LogP contribution is 2.37. The zero-order valence-corrected chi connectivity index (χ0v) is 18.6. The summed E-state index contributed by atoms with van der Waals surface area (Å²) in [5, 5.41) is 17.3. The van der Waals surface area contributed by atoms with Gasteiger partial charge in [0.15, 0.2) is 0 Å². The third-order valence-corrected chi connectivity index (χ3v) is 5.39. The summed E-state index contributed by atoms with van der Waals surface area (Å²) in [6.07, 6.45) is 4.17. The van der Waals surface area contributed by atoms with Gasteiger partial charge < -0.3 is 15.2 Å². The SMILES string of the molecule is CCOc1ncc(Nc2cc(C(CC)CC(=O)O)ccc2-c2c(C)nn(C)c2C)cn1. The molecule has 2 heterocycles. The molecular formula is C23H29N5O3. The second-order valence-electron chi connectivity index (χ2n) is 7.49. The smallest absolute Gasteiger partial charge is 0.316 e.